The number of carbonyl (C=O) groups excluding carboxylic acids is 2. The molecule has 0 atom stereocenters. The van der Waals surface area contributed by atoms with Gasteiger partial charge in [-0.1, -0.05) is 24.6 Å². The highest BCUT2D eigenvalue weighted by atomic mass is 16.2. The molecule has 7 heteroatoms. The van der Waals surface area contributed by atoms with E-state index in [0.29, 0.717) is 28.1 Å². The zero-order valence-corrected chi connectivity index (χ0v) is 17.0. The van der Waals surface area contributed by atoms with Crippen molar-refractivity contribution >= 4 is 23.2 Å². The maximum absolute atomic E-state index is 13.3. The Hall–Kier alpha value is -3.97. The maximum Gasteiger partial charge on any atom is 0.275 e. The number of amides is 2. The first-order valence-electron chi connectivity index (χ1n) is 10.3. The van der Waals surface area contributed by atoms with Crippen molar-refractivity contribution in [2.24, 2.45) is 4.99 Å². The molecule has 4 rings (SSSR count). The Labute approximate surface area is 180 Å². The van der Waals surface area contributed by atoms with Gasteiger partial charge in [-0.15, -0.1) is 0 Å². The number of nitrogens with zero attached hydrogens (tertiary/aromatic N) is 4. The first-order valence-corrected chi connectivity index (χ1v) is 10.3. The second kappa shape index (κ2) is 8.41. The molecule has 7 nitrogen and oxygen atoms in total. The first kappa shape index (κ1) is 20.3. The normalized spacial score (nSPS) is 17.0. The summed E-state index contributed by atoms with van der Waals surface area (Å²) in [7, 11) is 0. The van der Waals surface area contributed by atoms with Crippen LogP contribution in [-0.2, 0) is 9.59 Å². The molecule has 0 bridgehead atoms. The molecule has 1 fully saturated rings. The fourth-order valence-corrected chi connectivity index (χ4v) is 4.25. The van der Waals surface area contributed by atoms with Crippen molar-refractivity contribution in [3.05, 3.63) is 65.2 Å². The van der Waals surface area contributed by atoms with Gasteiger partial charge in [-0.05, 0) is 56.0 Å². The van der Waals surface area contributed by atoms with Crippen LogP contribution in [0.5, 0.6) is 0 Å². The van der Waals surface area contributed by atoms with Crippen LogP contribution in [-0.4, -0.2) is 34.6 Å². The van der Waals surface area contributed by atoms with E-state index in [-0.39, 0.29) is 18.4 Å². The molecule has 0 aromatic heterocycles. The molecular weight excluding hydrogens is 390 g/mol. The van der Waals surface area contributed by atoms with E-state index < -0.39 is 5.66 Å². The van der Waals surface area contributed by atoms with Crippen molar-refractivity contribution in [3.63, 3.8) is 0 Å². The van der Waals surface area contributed by atoms with Crippen LogP contribution in [0.1, 0.15) is 48.8 Å². The minimum Gasteiger partial charge on any atom is -0.325 e. The first-order chi connectivity index (χ1) is 15.0. The fourth-order valence-electron chi connectivity index (χ4n) is 4.25. The summed E-state index contributed by atoms with van der Waals surface area (Å²) in [4.78, 5) is 32.5. The quantitative estimate of drug-likeness (QED) is 0.832. The van der Waals surface area contributed by atoms with Gasteiger partial charge in [0.05, 0.1) is 23.3 Å². The molecule has 0 saturated heterocycles. The zero-order valence-electron chi connectivity index (χ0n) is 17.0. The number of hydrogen-bond acceptors (Lipinski definition) is 5. The molecule has 0 unspecified atom stereocenters. The molecule has 1 aliphatic carbocycles. The summed E-state index contributed by atoms with van der Waals surface area (Å²) in [6.07, 6.45) is 4.41. The van der Waals surface area contributed by atoms with Gasteiger partial charge in [-0.2, -0.15) is 10.5 Å². The smallest absolute Gasteiger partial charge is 0.275 e. The lowest BCUT2D eigenvalue weighted by atomic mass is 9.88. The number of nitrogens with one attached hydrogen (secondary N) is 1. The van der Waals surface area contributed by atoms with E-state index in [1.807, 2.05) is 6.07 Å². The summed E-state index contributed by atoms with van der Waals surface area (Å²) in [5.41, 5.74) is 1.76. The highest BCUT2D eigenvalue weighted by molar-refractivity contribution is 6.47. The van der Waals surface area contributed by atoms with Gasteiger partial charge in [0, 0.05) is 11.3 Å². The molecule has 31 heavy (non-hydrogen) atoms. The Morgan fingerprint density at radius 2 is 1.74 bits per heavy atom. The largest absolute Gasteiger partial charge is 0.325 e. The molecule has 2 aromatic carbocycles. The van der Waals surface area contributed by atoms with Gasteiger partial charge in [0.25, 0.3) is 5.91 Å². The van der Waals surface area contributed by atoms with E-state index in [2.05, 4.69) is 11.4 Å². The number of hydrogen-bond donors (Lipinski definition) is 1. The summed E-state index contributed by atoms with van der Waals surface area (Å²) in [5.74, 6) is -0.600. The van der Waals surface area contributed by atoms with Gasteiger partial charge in [-0.3, -0.25) is 14.6 Å². The minimum atomic E-state index is -0.704. The molecule has 1 spiro atoms. The Bertz CT molecular complexity index is 1130. The van der Waals surface area contributed by atoms with Crippen LogP contribution in [0, 0.1) is 22.7 Å². The number of carbonyl (C=O) groups is 2. The van der Waals surface area contributed by atoms with Gasteiger partial charge < -0.3 is 10.2 Å². The Morgan fingerprint density at radius 3 is 2.42 bits per heavy atom. The second-order valence-electron chi connectivity index (χ2n) is 7.82. The van der Waals surface area contributed by atoms with Crippen molar-refractivity contribution in [2.75, 3.05) is 11.9 Å². The van der Waals surface area contributed by atoms with E-state index >= 15 is 0 Å². The third-order valence-corrected chi connectivity index (χ3v) is 5.79. The Balaban J connectivity index is 1.58. The third-order valence-electron chi connectivity index (χ3n) is 5.79. The van der Waals surface area contributed by atoms with Gasteiger partial charge in [0.2, 0.25) is 5.91 Å². The van der Waals surface area contributed by atoms with E-state index in [0.717, 1.165) is 32.1 Å². The van der Waals surface area contributed by atoms with E-state index in [9.17, 15) is 9.59 Å². The van der Waals surface area contributed by atoms with Gasteiger partial charge in [0.1, 0.15) is 17.9 Å². The lowest BCUT2D eigenvalue weighted by Crippen LogP contribution is -2.51. The third kappa shape index (κ3) is 4.04. The molecule has 2 aromatic rings. The molecule has 1 N–H and O–H groups in total. The SMILES string of the molecule is N#Cc1ccc(C2=NC3(CCCCC3)N(CC(=O)Nc3cccc(C#N)c3)C2=O)cc1. The molecule has 1 saturated carbocycles. The van der Waals surface area contributed by atoms with Crippen molar-refractivity contribution in [3.8, 4) is 12.1 Å². The van der Waals surface area contributed by atoms with Crippen LogP contribution >= 0.6 is 0 Å². The number of nitriles is 2. The van der Waals surface area contributed by atoms with Crippen LogP contribution in [0.2, 0.25) is 0 Å². The predicted octanol–water partition coefficient (Wildman–Crippen LogP) is 3.36. The van der Waals surface area contributed by atoms with Gasteiger partial charge >= 0.3 is 0 Å². The molecule has 2 amide bonds. The van der Waals surface area contributed by atoms with Gasteiger partial charge in [0.15, 0.2) is 0 Å². The van der Waals surface area contributed by atoms with Crippen LogP contribution in [0.15, 0.2) is 53.5 Å². The zero-order chi connectivity index (χ0) is 21.8. The maximum atomic E-state index is 13.3. The predicted molar refractivity (Wildman–Crippen MR) is 115 cm³/mol. The van der Waals surface area contributed by atoms with Crippen LogP contribution in [0.3, 0.4) is 0 Å². The molecule has 2 aliphatic rings. The molecule has 154 valence electrons. The van der Waals surface area contributed by atoms with Crippen LogP contribution in [0.4, 0.5) is 5.69 Å². The van der Waals surface area contributed by atoms with Gasteiger partial charge in [-0.25, -0.2) is 0 Å². The highest BCUT2D eigenvalue weighted by Crippen LogP contribution is 2.39. The Morgan fingerprint density at radius 1 is 1.03 bits per heavy atom. The van der Waals surface area contributed by atoms with Crippen molar-refractivity contribution < 1.29 is 9.59 Å². The lowest BCUT2D eigenvalue weighted by Gasteiger charge is -2.38. The highest BCUT2D eigenvalue weighted by Gasteiger charge is 2.48. The molecule has 1 heterocycles. The average Bonchev–Trinajstić information content (AvgIpc) is 3.05. The number of aliphatic imine (C=N–C) groups is 1. The fraction of sp³-hybridized carbons (Fsp3) is 0.292. The number of rotatable bonds is 4. The minimum absolute atomic E-state index is 0.112. The molecule has 0 radical (unpaired) electrons. The van der Waals surface area contributed by atoms with E-state index in [1.165, 1.54) is 0 Å². The number of anilines is 1. The van der Waals surface area contributed by atoms with Crippen molar-refractivity contribution in [2.45, 2.75) is 37.8 Å². The van der Waals surface area contributed by atoms with E-state index in [1.54, 1.807) is 53.4 Å². The van der Waals surface area contributed by atoms with Crippen molar-refractivity contribution in [1.29, 1.82) is 10.5 Å². The van der Waals surface area contributed by atoms with Crippen LogP contribution in [0.25, 0.3) is 0 Å². The number of benzene rings is 2. The summed E-state index contributed by atoms with van der Waals surface area (Å²) in [5, 5.41) is 20.9. The topological polar surface area (TPSA) is 109 Å². The summed E-state index contributed by atoms with van der Waals surface area (Å²) < 4.78 is 0. The second-order valence-corrected chi connectivity index (χ2v) is 7.82. The summed E-state index contributed by atoms with van der Waals surface area (Å²) >= 11 is 0. The molecular formula is C24H21N5O2. The standard InChI is InChI=1S/C24H21N5O2/c25-14-17-7-9-19(10-8-17)22-23(31)29(24(28-22)11-2-1-3-12-24)16-21(30)27-20-6-4-5-18(13-20)15-26/h4-10,13H,1-3,11-12,16H2,(H,27,30). The van der Waals surface area contributed by atoms with Crippen molar-refractivity contribution in [1.82, 2.24) is 4.90 Å². The summed E-state index contributed by atoms with van der Waals surface area (Å²) in [6.45, 7) is -0.112. The Kier molecular flexibility index (Phi) is 5.51. The lowest BCUT2D eigenvalue weighted by molar-refractivity contribution is -0.134. The summed E-state index contributed by atoms with van der Waals surface area (Å²) in [6, 6.07) is 17.6. The monoisotopic (exact) mass is 411 g/mol. The van der Waals surface area contributed by atoms with E-state index in [4.69, 9.17) is 15.5 Å². The molecule has 1 aliphatic heterocycles. The van der Waals surface area contributed by atoms with Crippen LogP contribution < -0.4 is 5.32 Å². The average molecular weight is 411 g/mol.